The average Bonchev–Trinajstić information content (AvgIpc) is 3.01. The number of rotatable bonds is 3. The first kappa shape index (κ1) is 15.0. The summed E-state index contributed by atoms with van der Waals surface area (Å²) in [6.45, 7) is 3.86. The van der Waals surface area contributed by atoms with Crippen LogP contribution in [0.5, 0.6) is 0 Å². The van der Waals surface area contributed by atoms with Crippen LogP contribution in [0.25, 0.3) is 0 Å². The quantitative estimate of drug-likeness (QED) is 0.495. The normalized spacial score (nSPS) is 15.0. The molecule has 1 aliphatic rings. The van der Waals surface area contributed by atoms with Gasteiger partial charge in [0.25, 0.3) is 0 Å². The smallest absolute Gasteiger partial charge is 0.202 e. The van der Waals surface area contributed by atoms with E-state index in [1.807, 2.05) is 19.9 Å². The van der Waals surface area contributed by atoms with Crippen LogP contribution in [0.1, 0.15) is 43.4 Å². The van der Waals surface area contributed by atoms with Gasteiger partial charge in [0.05, 0.1) is 5.02 Å². The predicted molar refractivity (Wildman–Crippen MR) is 86.3 cm³/mol. The highest BCUT2D eigenvalue weighted by Crippen LogP contribution is 2.28. The summed E-state index contributed by atoms with van der Waals surface area (Å²) in [7, 11) is 0. The lowest BCUT2D eigenvalue weighted by atomic mass is 9.90. The topological polar surface area (TPSA) is 52.3 Å². The molecule has 0 saturated heterocycles. The molecular formula is C16H19ClN4O. The van der Waals surface area contributed by atoms with E-state index in [-0.39, 0.29) is 6.10 Å². The van der Waals surface area contributed by atoms with Crippen molar-refractivity contribution in [2.45, 2.75) is 45.6 Å². The number of hydrogen-bond acceptors (Lipinski definition) is 4. The molecule has 5 nitrogen and oxygen atoms in total. The van der Waals surface area contributed by atoms with Gasteiger partial charge in [-0.15, -0.1) is 0 Å². The molecule has 2 aromatic rings. The number of halogens is 1. The minimum atomic E-state index is -0.0186. The fraction of sp³-hybridized carbons (Fsp3) is 0.438. The van der Waals surface area contributed by atoms with Crippen molar-refractivity contribution in [3.8, 4) is 0 Å². The van der Waals surface area contributed by atoms with E-state index in [2.05, 4.69) is 21.3 Å². The Morgan fingerprint density at radius 2 is 2.00 bits per heavy atom. The highest BCUT2D eigenvalue weighted by atomic mass is 35.5. The molecule has 1 aliphatic carbocycles. The van der Waals surface area contributed by atoms with Gasteiger partial charge in [0.1, 0.15) is 18.8 Å². The van der Waals surface area contributed by atoms with Gasteiger partial charge in [-0.1, -0.05) is 16.8 Å². The Bertz CT molecular complexity index is 680. The summed E-state index contributed by atoms with van der Waals surface area (Å²) in [5, 5.41) is 9.07. The summed E-state index contributed by atoms with van der Waals surface area (Å²) in [5.41, 5.74) is 3.50. The number of nitrogens with zero attached hydrogens (tertiary/aromatic N) is 4. The lowest BCUT2D eigenvalue weighted by Crippen LogP contribution is -2.18. The molecular weight excluding hydrogens is 300 g/mol. The van der Waals surface area contributed by atoms with Crippen molar-refractivity contribution in [2.75, 3.05) is 0 Å². The van der Waals surface area contributed by atoms with E-state index in [1.165, 1.54) is 30.3 Å². The van der Waals surface area contributed by atoms with Gasteiger partial charge in [0, 0.05) is 5.56 Å². The third-order valence-corrected chi connectivity index (χ3v) is 3.97. The van der Waals surface area contributed by atoms with Crippen LogP contribution < -0.4 is 0 Å². The van der Waals surface area contributed by atoms with Crippen molar-refractivity contribution in [2.24, 2.45) is 5.16 Å². The van der Waals surface area contributed by atoms with Gasteiger partial charge >= 0.3 is 0 Å². The molecule has 6 heteroatoms. The van der Waals surface area contributed by atoms with Gasteiger partial charge in [0.15, 0.2) is 0 Å². The van der Waals surface area contributed by atoms with E-state index in [9.17, 15) is 0 Å². The largest absolute Gasteiger partial charge is 0.391 e. The molecule has 1 aromatic heterocycles. The third kappa shape index (κ3) is 3.14. The molecule has 0 N–H and O–H groups in total. The van der Waals surface area contributed by atoms with Crippen LogP contribution in [-0.2, 0) is 17.7 Å². The summed E-state index contributed by atoms with van der Waals surface area (Å²) >= 11 is 6.49. The Balaban J connectivity index is 2.06. The Morgan fingerprint density at radius 3 is 2.64 bits per heavy atom. The maximum absolute atomic E-state index is 6.49. The first-order chi connectivity index (χ1) is 10.6. The molecule has 0 radical (unpaired) electrons. The molecule has 1 aromatic carbocycles. The molecule has 116 valence electrons. The number of benzene rings is 1. The second-order valence-electron chi connectivity index (χ2n) is 5.72. The maximum Gasteiger partial charge on any atom is 0.202 e. The first-order valence-corrected chi connectivity index (χ1v) is 7.93. The number of hydrogen-bond donors (Lipinski definition) is 0. The highest BCUT2D eigenvalue weighted by molar-refractivity contribution is 6.34. The van der Waals surface area contributed by atoms with Gasteiger partial charge in [0.2, 0.25) is 5.84 Å². The second-order valence-corrected chi connectivity index (χ2v) is 6.12. The molecule has 0 spiro atoms. The lowest BCUT2D eigenvalue weighted by Gasteiger charge is -2.18. The van der Waals surface area contributed by atoms with Gasteiger partial charge in [-0.25, -0.2) is 4.98 Å². The molecule has 0 atom stereocenters. The van der Waals surface area contributed by atoms with Crippen LogP contribution in [0, 0.1) is 0 Å². The second kappa shape index (κ2) is 6.48. The van der Waals surface area contributed by atoms with E-state index in [0.717, 1.165) is 18.4 Å². The van der Waals surface area contributed by atoms with E-state index in [0.29, 0.717) is 10.9 Å². The van der Waals surface area contributed by atoms with Gasteiger partial charge < -0.3 is 4.84 Å². The van der Waals surface area contributed by atoms with Crippen LogP contribution in [-0.4, -0.2) is 26.7 Å². The zero-order chi connectivity index (χ0) is 15.5. The van der Waals surface area contributed by atoms with Gasteiger partial charge in [-0.05, 0) is 62.8 Å². The Hall–Kier alpha value is -1.88. The van der Waals surface area contributed by atoms with Crippen LogP contribution >= 0.6 is 11.6 Å². The van der Waals surface area contributed by atoms with Gasteiger partial charge in [-0.3, -0.25) is 0 Å². The van der Waals surface area contributed by atoms with Crippen molar-refractivity contribution in [3.63, 3.8) is 0 Å². The van der Waals surface area contributed by atoms with Crippen molar-refractivity contribution in [1.82, 2.24) is 14.8 Å². The summed E-state index contributed by atoms with van der Waals surface area (Å²) in [4.78, 5) is 9.41. The molecule has 0 saturated carbocycles. The molecule has 1 heterocycles. The van der Waals surface area contributed by atoms with Crippen LogP contribution in [0.3, 0.4) is 0 Å². The molecule has 0 aliphatic heterocycles. The van der Waals surface area contributed by atoms with Crippen LogP contribution in [0.2, 0.25) is 5.02 Å². The highest BCUT2D eigenvalue weighted by Gasteiger charge is 2.18. The number of oxime groups is 1. The number of aromatic nitrogens is 3. The standard InChI is InChI=1S/C16H19ClN4O/c1-11(2)22-20-16(21-10-18-9-19-21)14-7-12-5-3-4-6-13(12)8-15(14)17/h7-11H,3-6H2,1-2H3/b20-16-. The molecule has 0 amide bonds. The summed E-state index contributed by atoms with van der Waals surface area (Å²) < 4.78 is 1.58. The fourth-order valence-corrected chi connectivity index (χ4v) is 2.89. The van der Waals surface area contributed by atoms with E-state index in [1.54, 1.807) is 11.0 Å². The number of aryl methyl sites for hydroxylation is 2. The zero-order valence-electron chi connectivity index (χ0n) is 12.8. The first-order valence-electron chi connectivity index (χ1n) is 7.55. The van der Waals surface area contributed by atoms with E-state index < -0.39 is 0 Å². The zero-order valence-corrected chi connectivity index (χ0v) is 13.5. The Labute approximate surface area is 134 Å². The summed E-state index contributed by atoms with van der Waals surface area (Å²) in [6, 6.07) is 4.16. The van der Waals surface area contributed by atoms with Crippen LogP contribution in [0.4, 0.5) is 0 Å². The number of fused-ring (bicyclic) bond motifs is 1. The summed E-state index contributed by atoms with van der Waals surface area (Å²) in [5.74, 6) is 0.560. The average molecular weight is 319 g/mol. The maximum atomic E-state index is 6.49. The van der Waals surface area contributed by atoms with Crippen molar-refractivity contribution in [3.05, 3.63) is 46.5 Å². The molecule has 3 rings (SSSR count). The minimum absolute atomic E-state index is 0.0186. The van der Waals surface area contributed by atoms with E-state index >= 15 is 0 Å². The lowest BCUT2D eigenvalue weighted by molar-refractivity contribution is 0.0851. The SMILES string of the molecule is CC(C)O/N=C(/c1cc2c(cc1Cl)CCCC2)n1cncn1. The molecule has 22 heavy (non-hydrogen) atoms. The van der Waals surface area contributed by atoms with Crippen molar-refractivity contribution < 1.29 is 4.84 Å². The molecule has 0 unspecified atom stereocenters. The van der Waals surface area contributed by atoms with Crippen molar-refractivity contribution in [1.29, 1.82) is 0 Å². The minimum Gasteiger partial charge on any atom is -0.391 e. The van der Waals surface area contributed by atoms with Crippen LogP contribution in [0.15, 0.2) is 29.9 Å². The molecule has 0 bridgehead atoms. The third-order valence-electron chi connectivity index (χ3n) is 3.66. The Morgan fingerprint density at radius 1 is 1.27 bits per heavy atom. The van der Waals surface area contributed by atoms with E-state index in [4.69, 9.17) is 16.4 Å². The fourth-order valence-electron chi connectivity index (χ4n) is 2.61. The van der Waals surface area contributed by atoms with Crippen molar-refractivity contribution >= 4 is 17.4 Å². The monoisotopic (exact) mass is 318 g/mol. The van der Waals surface area contributed by atoms with Gasteiger partial charge in [-0.2, -0.15) is 9.78 Å². The molecule has 0 fully saturated rings. The predicted octanol–water partition coefficient (Wildman–Crippen LogP) is 3.45. The Kier molecular flexibility index (Phi) is 4.43. The summed E-state index contributed by atoms with van der Waals surface area (Å²) in [6.07, 6.45) is 7.66.